The van der Waals surface area contributed by atoms with Gasteiger partial charge in [0.1, 0.15) is 12.4 Å². The maximum Gasteiger partial charge on any atom is 0.326 e. The van der Waals surface area contributed by atoms with E-state index in [1.165, 1.54) is 6.33 Å². The monoisotopic (exact) mass is 559 g/mol. The van der Waals surface area contributed by atoms with Crippen molar-refractivity contribution in [1.29, 1.82) is 0 Å². The third kappa shape index (κ3) is 6.86. The molecule has 2 N–H and O–H groups in total. The van der Waals surface area contributed by atoms with E-state index in [2.05, 4.69) is 15.3 Å². The predicted molar refractivity (Wildman–Crippen MR) is 162 cm³/mol. The number of ketones is 1. The van der Waals surface area contributed by atoms with Crippen molar-refractivity contribution >= 4 is 23.2 Å². The lowest BCUT2D eigenvalue weighted by atomic mass is 9.89. The molecule has 0 fully saturated rings. The molecule has 3 aromatic carbocycles. The molecule has 0 saturated heterocycles. The van der Waals surface area contributed by atoms with Crippen LogP contribution in [0.25, 0.3) is 16.7 Å². The summed E-state index contributed by atoms with van der Waals surface area (Å²) in [6.45, 7) is 3.86. The number of aryl methyl sites for hydroxylation is 2. The van der Waals surface area contributed by atoms with Crippen LogP contribution in [-0.4, -0.2) is 38.8 Å². The number of carbonyl (C=O) groups is 3. The van der Waals surface area contributed by atoms with Gasteiger partial charge in [-0.05, 0) is 66.6 Å². The summed E-state index contributed by atoms with van der Waals surface area (Å²) < 4.78 is 0. The molecular formula is C35H33N3O4. The number of hydrogen-bond donors (Lipinski definition) is 2. The first kappa shape index (κ1) is 28.6. The van der Waals surface area contributed by atoms with Crippen LogP contribution in [0.1, 0.15) is 51.0 Å². The number of amides is 1. The van der Waals surface area contributed by atoms with Crippen LogP contribution in [0.4, 0.5) is 0 Å². The van der Waals surface area contributed by atoms with E-state index in [-0.39, 0.29) is 25.0 Å². The molecule has 0 unspecified atom stereocenters. The second-order valence-electron chi connectivity index (χ2n) is 10.9. The van der Waals surface area contributed by atoms with Crippen LogP contribution in [-0.2, 0) is 22.4 Å². The van der Waals surface area contributed by atoms with Gasteiger partial charge in [0.05, 0.1) is 0 Å². The molecular weight excluding hydrogens is 526 g/mol. The molecule has 1 aliphatic carbocycles. The molecule has 0 aliphatic heterocycles. The Morgan fingerprint density at radius 2 is 1.57 bits per heavy atom. The van der Waals surface area contributed by atoms with Gasteiger partial charge in [-0.3, -0.25) is 9.59 Å². The van der Waals surface area contributed by atoms with E-state index in [1.54, 1.807) is 12.4 Å². The lowest BCUT2D eigenvalue weighted by Gasteiger charge is -2.21. The second kappa shape index (κ2) is 12.7. The molecule has 2 atom stereocenters. The average Bonchev–Trinajstić information content (AvgIpc) is 3.39. The largest absolute Gasteiger partial charge is 0.480 e. The van der Waals surface area contributed by atoms with Crippen LogP contribution in [0.3, 0.4) is 0 Å². The molecule has 0 radical (unpaired) electrons. The van der Waals surface area contributed by atoms with Gasteiger partial charge in [0, 0.05) is 42.3 Å². The molecule has 1 heterocycles. The van der Waals surface area contributed by atoms with E-state index in [4.69, 9.17) is 0 Å². The number of carboxylic acid groups (broad SMARTS) is 1. The summed E-state index contributed by atoms with van der Waals surface area (Å²) in [7, 11) is 0. The van der Waals surface area contributed by atoms with E-state index in [1.807, 2.05) is 86.7 Å². The number of aromatic nitrogens is 2. The first-order chi connectivity index (χ1) is 20.3. The Morgan fingerprint density at radius 1 is 0.881 bits per heavy atom. The summed E-state index contributed by atoms with van der Waals surface area (Å²) in [5.74, 6) is -2.47. The Kier molecular flexibility index (Phi) is 8.67. The van der Waals surface area contributed by atoms with Gasteiger partial charge in [-0.15, -0.1) is 0 Å². The fraction of sp³-hybridized carbons (Fsp3) is 0.229. The van der Waals surface area contributed by atoms with Crippen LogP contribution in [0, 0.1) is 19.8 Å². The third-order valence-corrected chi connectivity index (χ3v) is 7.65. The Labute approximate surface area is 245 Å². The number of hydrogen-bond acceptors (Lipinski definition) is 5. The van der Waals surface area contributed by atoms with Crippen molar-refractivity contribution in [2.24, 2.45) is 5.92 Å². The van der Waals surface area contributed by atoms with Crippen molar-refractivity contribution in [3.8, 4) is 11.1 Å². The molecule has 0 bridgehead atoms. The highest BCUT2D eigenvalue weighted by Gasteiger charge is 2.29. The lowest BCUT2D eigenvalue weighted by molar-refractivity contribution is -0.142. The minimum absolute atomic E-state index is 0.0408. The molecule has 7 heteroatoms. The van der Waals surface area contributed by atoms with E-state index in [9.17, 15) is 19.5 Å². The molecule has 7 nitrogen and oxygen atoms in total. The molecule has 42 heavy (non-hydrogen) atoms. The van der Waals surface area contributed by atoms with Gasteiger partial charge in [0.2, 0.25) is 5.91 Å². The normalized spacial score (nSPS) is 13.5. The summed E-state index contributed by atoms with van der Waals surface area (Å²) in [5.41, 5.74) is 8.22. The zero-order valence-electron chi connectivity index (χ0n) is 23.7. The van der Waals surface area contributed by atoms with Crippen LogP contribution in [0.5, 0.6) is 0 Å². The van der Waals surface area contributed by atoms with Crippen molar-refractivity contribution in [2.45, 2.75) is 45.6 Å². The van der Waals surface area contributed by atoms with Crippen molar-refractivity contribution in [2.75, 3.05) is 0 Å². The van der Waals surface area contributed by atoms with Crippen LogP contribution in [0.15, 0.2) is 91.5 Å². The summed E-state index contributed by atoms with van der Waals surface area (Å²) >= 11 is 0. The molecule has 1 aromatic heterocycles. The van der Waals surface area contributed by atoms with Crippen LogP contribution >= 0.6 is 0 Å². The minimum Gasteiger partial charge on any atom is -0.480 e. The number of Topliss-reactive ketones (excluding diaryl/α,β-unsaturated/α-hetero) is 1. The van der Waals surface area contributed by atoms with E-state index in [0.29, 0.717) is 5.56 Å². The van der Waals surface area contributed by atoms with Gasteiger partial charge in [0.25, 0.3) is 0 Å². The maximum atomic E-state index is 13.7. The minimum atomic E-state index is -1.12. The number of nitrogens with one attached hydrogen (secondary N) is 1. The predicted octanol–water partition coefficient (Wildman–Crippen LogP) is 5.79. The number of aliphatic carboxylic acids is 1. The zero-order chi connectivity index (χ0) is 29.6. The number of nitrogens with zero attached hydrogens (tertiary/aromatic N) is 2. The summed E-state index contributed by atoms with van der Waals surface area (Å²) in [4.78, 5) is 47.5. The molecule has 1 amide bonds. The third-order valence-electron chi connectivity index (χ3n) is 7.65. The quantitative estimate of drug-likeness (QED) is 0.225. The number of fused-ring (bicyclic) bond motifs is 1. The highest BCUT2D eigenvalue weighted by molar-refractivity contribution is 5.99. The number of carboxylic acids is 1. The molecule has 212 valence electrons. The van der Waals surface area contributed by atoms with Gasteiger partial charge in [-0.25, -0.2) is 14.8 Å². The fourth-order valence-corrected chi connectivity index (χ4v) is 5.56. The van der Waals surface area contributed by atoms with Crippen molar-refractivity contribution < 1.29 is 19.5 Å². The number of allylic oxidation sites excluding steroid dienone is 1. The first-order valence-corrected chi connectivity index (χ1v) is 14.0. The van der Waals surface area contributed by atoms with Gasteiger partial charge >= 0.3 is 5.97 Å². The fourth-order valence-electron chi connectivity index (χ4n) is 5.56. The van der Waals surface area contributed by atoms with Gasteiger partial charge in [-0.1, -0.05) is 71.8 Å². The average molecular weight is 560 g/mol. The van der Waals surface area contributed by atoms with E-state index in [0.717, 1.165) is 50.9 Å². The Morgan fingerprint density at radius 3 is 2.26 bits per heavy atom. The molecule has 4 aromatic rings. The van der Waals surface area contributed by atoms with Crippen LogP contribution in [0.2, 0.25) is 0 Å². The molecule has 0 saturated carbocycles. The zero-order valence-corrected chi connectivity index (χ0v) is 23.7. The highest BCUT2D eigenvalue weighted by atomic mass is 16.4. The molecule has 5 rings (SSSR count). The summed E-state index contributed by atoms with van der Waals surface area (Å²) in [5, 5.41) is 12.8. The highest BCUT2D eigenvalue weighted by Crippen LogP contribution is 2.31. The van der Waals surface area contributed by atoms with E-state index >= 15 is 0 Å². The summed E-state index contributed by atoms with van der Waals surface area (Å²) in [6.07, 6.45) is 8.10. The smallest absolute Gasteiger partial charge is 0.326 e. The first-order valence-electron chi connectivity index (χ1n) is 14.0. The van der Waals surface area contributed by atoms with Gasteiger partial charge in [-0.2, -0.15) is 0 Å². The van der Waals surface area contributed by atoms with Gasteiger partial charge < -0.3 is 10.4 Å². The second-order valence-corrected chi connectivity index (χ2v) is 10.9. The molecule has 0 spiro atoms. The Hall–Kier alpha value is -4.91. The van der Waals surface area contributed by atoms with Crippen molar-refractivity contribution in [3.63, 3.8) is 0 Å². The number of rotatable bonds is 11. The maximum absolute atomic E-state index is 13.7. The topological polar surface area (TPSA) is 109 Å². The van der Waals surface area contributed by atoms with Crippen LogP contribution < -0.4 is 5.32 Å². The summed E-state index contributed by atoms with van der Waals surface area (Å²) in [6, 6.07) is 20.1. The van der Waals surface area contributed by atoms with Crippen molar-refractivity contribution in [1.82, 2.24) is 15.3 Å². The Bertz CT molecular complexity index is 1620. The number of carbonyl (C=O) groups excluding carboxylic acids is 2. The lowest BCUT2D eigenvalue weighted by Crippen LogP contribution is -2.44. The van der Waals surface area contributed by atoms with Gasteiger partial charge in [0.15, 0.2) is 5.78 Å². The van der Waals surface area contributed by atoms with E-state index < -0.39 is 23.8 Å². The van der Waals surface area contributed by atoms with Crippen molar-refractivity contribution in [3.05, 3.63) is 125 Å². The molecule has 1 aliphatic rings. The standard InChI is InChI=1S/C35H33N3O4/c1-22-13-23(2)15-28(14-22)33(39)18-29(16-24-7-9-25(10-8-24)30-19-36-21-37-20-30)34(40)38-32(35(41)42)17-27-12-11-26-5-3-4-6-31(26)27/h3-10,12-15,19-21,29,32H,11,16-18H2,1-2H3,(H,38,40)(H,41,42)/t29-,32-/m0/s1. The number of benzene rings is 3. The Balaban J connectivity index is 1.36. The SMILES string of the molecule is Cc1cc(C)cc(C(=O)C[C@H](Cc2ccc(-c3cncnc3)cc2)C(=O)N[C@@H](CC2=CCc3ccccc32)C(=O)O)c1.